The third-order valence-electron chi connectivity index (χ3n) is 2.91. The average molecular weight is 302 g/mol. The van der Waals surface area contributed by atoms with Gasteiger partial charge in [0.2, 0.25) is 5.89 Å². The third kappa shape index (κ3) is 3.84. The van der Waals surface area contributed by atoms with Gasteiger partial charge in [0.05, 0.1) is 6.07 Å². The molecule has 0 saturated carbocycles. The first-order chi connectivity index (χ1) is 10.1. The Morgan fingerprint density at radius 1 is 1.33 bits per heavy atom. The van der Waals surface area contributed by atoms with E-state index in [2.05, 4.69) is 21.6 Å². The molecule has 6 heteroatoms. The topological polar surface area (TPSA) is 74.7 Å². The van der Waals surface area contributed by atoms with Gasteiger partial charge in [-0.25, -0.2) is 0 Å². The lowest BCUT2D eigenvalue weighted by atomic mass is 9.92. The lowest BCUT2D eigenvalue weighted by Gasteiger charge is -2.29. The molecule has 0 saturated heterocycles. The number of aromatic nitrogens is 2. The molecule has 1 atom stereocenters. The van der Waals surface area contributed by atoms with Crippen LogP contribution < -0.4 is 5.32 Å². The summed E-state index contributed by atoms with van der Waals surface area (Å²) in [6.07, 6.45) is 0. The van der Waals surface area contributed by atoms with E-state index in [0.717, 1.165) is 5.56 Å². The van der Waals surface area contributed by atoms with Crippen molar-refractivity contribution < 1.29 is 4.42 Å². The van der Waals surface area contributed by atoms with Crippen LogP contribution in [0.3, 0.4) is 0 Å². The molecule has 0 bridgehead atoms. The van der Waals surface area contributed by atoms with Crippen molar-refractivity contribution >= 4 is 11.8 Å². The summed E-state index contributed by atoms with van der Waals surface area (Å²) in [6, 6.07) is 12.3. The Morgan fingerprint density at radius 2 is 2.05 bits per heavy atom. The van der Waals surface area contributed by atoms with Gasteiger partial charge in [0.1, 0.15) is 5.54 Å². The Balaban J connectivity index is 2.25. The minimum Gasteiger partial charge on any atom is -0.416 e. The Kier molecular flexibility index (Phi) is 4.99. The zero-order valence-corrected chi connectivity index (χ0v) is 13.1. The number of hydrogen-bond donors (Lipinski definition) is 1. The lowest BCUT2D eigenvalue weighted by molar-refractivity contribution is 0.414. The van der Waals surface area contributed by atoms with Crippen molar-refractivity contribution in [1.82, 2.24) is 15.5 Å². The van der Waals surface area contributed by atoms with Crippen LogP contribution in [0, 0.1) is 18.3 Å². The molecule has 0 radical (unpaired) electrons. The highest BCUT2D eigenvalue weighted by atomic mass is 32.2. The first-order valence-electron chi connectivity index (χ1n) is 6.73. The molecular weight excluding hydrogens is 284 g/mol. The SMILES string of the molecule is Cc1nnc(SCC(C#N)(NC(C)C)c2ccccc2)o1. The van der Waals surface area contributed by atoms with Gasteiger partial charge in [-0.05, 0) is 19.4 Å². The maximum absolute atomic E-state index is 9.77. The molecule has 1 N–H and O–H groups in total. The standard InChI is InChI=1S/C15H18N4OS/c1-11(2)17-15(9-16,13-7-5-4-6-8-13)10-21-14-19-18-12(3)20-14/h4-8,11,17H,10H2,1-3H3. The Labute approximate surface area is 128 Å². The molecule has 0 aliphatic heterocycles. The van der Waals surface area contributed by atoms with Gasteiger partial charge in [0.25, 0.3) is 5.22 Å². The Bertz CT molecular complexity index is 620. The second-order valence-electron chi connectivity index (χ2n) is 5.06. The molecule has 0 spiro atoms. The van der Waals surface area contributed by atoms with E-state index in [4.69, 9.17) is 4.42 Å². The number of hydrogen-bond acceptors (Lipinski definition) is 6. The lowest BCUT2D eigenvalue weighted by Crippen LogP contribution is -2.47. The van der Waals surface area contributed by atoms with Crippen molar-refractivity contribution in [3.8, 4) is 6.07 Å². The summed E-state index contributed by atoms with van der Waals surface area (Å²) in [5.74, 6) is 1.02. The number of nitrogens with one attached hydrogen (secondary N) is 1. The second-order valence-corrected chi connectivity index (χ2v) is 5.98. The van der Waals surface area contributed by atoms with E-state index in [1.807, 2.05) is 44.2 Å². The minimum absolute atomic E-state index is 0.176. The highest BCUT2D eigenvalue weighted by Crippen LogP contribution is 2.29. The third-order valence-corrected chi connectivity index (χ3v) is 3.90. The van der Waals surface area contributed by atoms with Crippen molar-refractivity contribution in [3.05, 3.63) is 41.8 Å². The first kappa shape index (κ1) is 15.5. The number of thioether (sulfide) groups is 1. The van der Waals surface area contributed by atoms with Gasteiger partial charge in [-0.2, -0.15) is 5.26 Å². The summed E-state index contributed by atoms with van der Waals surface area (Å²) in [4.78, 5) is 0. The van der Waals surface area contributed by atoms with Crippen LogP contribution in [0.2, 0.25) is 0 Å². The molecule has 110 valence electrons. The van der Waals surface area contributed by atoms with Crippen LogP contribution in [-0.4, -0.2) is 22.0 Å². The van der Waals surface area contributed by atoms with Gasteiger partial charge in [-0.15, -0.1) is 10.2 Å². The summed E-state index contributed by atoms with van der Waals surface area (Å²) in [6.45, 7) is 5.80. The van der Waals surface area contributed by atoms with Crippen LogP contribution in [0.1, 0.15) is 25.3 Å². The highest BCUT2D eigenvalue weighted by Gasteiger charge is 2.33. The smallest absolute Gasteiger partial charge is 0.276 e. The number of rotatable bonds is 6. The van der Waals surface area contributed by atoms with E-state index < -0.39 is 5.54 Å². The molecule has 0 amide bonds. The molecule has 1 unspecified atom stereocenters. The highest BCUT2D eigenvalue weighted by molar-refractivity contribution is 7.99. The molecule has 2 rings (SSSR count). The Morgan fingerprint density at radius 3 is 2.57 bits per heavy atom. The Hall–Kier alpha value is -1.84. The van der Waals surface area contributed by atoms with Crippen molar-refractivity contribution in [2.24, 2.45) is 0 Å². The van der Waals surface area contributed by atoms with E-state index in [1.54, 1.807) is 6.92 Å². The summed E-state index contributed by atoms with van der Waals surface area (Å²) in [7, 11) is 0. The summed E-state index contributed by atoms with van der Waals surface area (Å²) >= 11 is 1.38. The van der Waals surface area contributed by atoms with Gasteiger partial charge >= 0.3 is 0 Å². The maximum atomic E-state index is 9.77. The molecule has 2 aromatic rings. The summed E-state index contributed by atoms with van der Waals surface area (Å²) in [5, 5.41) is 21.4. The van der Waals surface area contributed by atoms with Crippen LogP contribution in [0.25, 0.3) is 0 Å². The quantitative estimate of drug-likeness (QED) is 0.827. The molecule has 1 aromatic heterocycles. The van der Waals surface area contributed by atoms with Gasteiger partial charge in [0, 0.05) is 18.7 Å². The molecule has 0 fully saturated rings. The van der Waals surface area contributed by atoms with Crippen molar-refractivity contribution in [2.75, 3.05) is 5.75 Å². The molecule has 21 heavy (non-hydrogen) atoms. The fourth-order valence-corrected chi connectivity index (χ4v) is 2.99. The summed E-state index contributed by atoms with van der Waals surface area (Å²) < 4.78 is 5.37. The first-order valence-corrected chi connectivity index (χ1v) is 7.72. The van der Waals surface area contributed by atoms with Crippen LogP contribution in [0.4, 0.5) is 0 Å². The molecule has 0 aliphatic carbocycles. The summed E-state index contributed by atoms with van der Waals surface area (Å²) in [5.41, 5.74) is 0.146. The molecule has 1 heterocycles. The molecule has 0 aliphatic rings. The largest absolute Gasteiger partial charge is 0.416 e. The minimum atomic E-state index is -0.789. The van der Waals surface area contributed by atoms with E-state index >= 15 is 0 Å². The average Bonchev–Trinajstić information content (AvgIpc) is 2.90. The second kappa shape index (κ2) is 6.74. The number of nitriles is 1. The van der Waals surface area contributed by atoms with Crippen molar-refractivity contribution in [2.45, 2.75) is 37.6 Å². The normalized spacial score (nSPS) is 13.9. The number of benzene rings is 1. The van der Waals surface area contributed by atoms with Gasteiger partial charge < -0.3 is 4.42 Å². The van der Waals surface area contributed by atoms with Crippen molar-refractivity contribution in [1.29, 1.82) is 5.26 Å². The molecular formula is C15H18N4OS. The predicted octanol–water partition coefficient (Wildman–Crippen LogP) is 2.89. The van der Waals surface area contributed by atoms with Crippen LogP contribution in [0.15, 0.2) is 40.0 Å². The monoisotopic (exact) mass is 302 g/mol. The zero-order chi connectivity index (χ0) is 15.3. The maximum Gasteiger partial charge on any atom is 0.276 e. The fraction of sp³-hybridized carbons (Fsp3) is 0.400. The van der Waals surface area contributed by atoms with Crippen LogP contribution >= 0.6 is 11.8 Å². The number of aryl methyl sites for hydroxylation is 1. The zero-order valence-electron chi connectivity index (χ0n) is 12.3. The van der Waals surface area contributed by atoms with Crippen LogP contribution in [0.5, 0.6) is 0 Å². The number of nitrogens with zero attached hydrogens (tertiary/aromatic N) is 3. The molecule has 5 nitrogen and oxygen atoms in total. The fourth-order valence-electron chi connectivity index (χ4n) is 2.06. The van der Waals surface area contributed by atoms with Gasteiger partial charge in [-0.1, -0.05) is 42.1 Å². The van der Waals surface area contributed by atoms with E-state index in [-0.39, 0.29) is 6.04 Å². The van der Waals surface area contributed by atoms with Crippen molar-refractivity contribution in [3.63, 3.8) is 0 Å². The van der Waals surface area contributed by atoms with Gasteiger partial charge in [0.15, 0.2) is 0 Å². The molecule has 1 aromatic carbocycles. The predicted molar refractivity (Wildman–Crippen MR) is 81.8 cm³/mol. The van der Waals surface area contributed by atoms with Crippen LogP contribution in [-0.2, 0) is 5.54 Å². The van der Waals surface area contributed by atoms with E-state index in [1.165, 1.54) is 11.8 Å². The van der Waals surface area contributed by atoms with Gasteiger partial charge in [-0.3, -0.25) is 5.32 Å². The van der Waals surface area contributed by atoms with E-state index in [9.17, 15) is 5.26 Å². The van der Waals surface area contributed by atoms with E-state index in [0.29, 0.717) is 16.9 Å².